The van der Waals surface area contributed by atoms with Gasteiger partial charge in [0.1, 0.15) is 6.04 Å². The molecular formula is C15H21N3O2. The molecule has 1 saturated heterocycles. The Labute approximate surface area is 119 Å². The van der Waals surface area contributed by atoms with E-state index in [-0.39, 0.29) is 17.9 Å². The number of likely N-dealkylation sites (tertiary alicyclic amines) is 1. The van der Waals surface area contributed by atoms with Crippen molar-refractivity contribution in [2.75, 3.05) is 13.1 Å². The maximum Gasteiger partial charge on any atom is 0.241 e. The Morgan fingerprint density at radius 2 is 2.10 bits per heavy atom. The summed E-state index contributed by atoms with van der Waals surface area (Å²) in [7, 11) is 0. The van der Waals surface area contributed by atoms with Gasteiger partial charge in [0, 0.05) is 25.6 Å². The minimum Gasteiger partial charge on any atom is -0.350 e. The first-order chi connectivity index (χ1) is 9.58. The van der Waals surface area contributed by atoms with Crippen LogP contribution in [0.2, 0.25) is 0 Å². The number of carbonyl (C=O) groups excluding carboxylic acids is 2. The average molecular weight is 275 g/mol. The monoisotopic (exact) mass is 275 g/mol. The molecule has 1 heterocycles. The van der Waals surface area contributed by atoms with Crippen LogP contribution in [-0.4, -0.2) is 35.8 Å². The van der Waals surface area contributed by atoms with E-state index in [0.717, 1.165) is 18.5 Å². The molecule has 3 N–H and O–H groups in total. The van der Waals surface area contributed by atoms with E-state index in [1.807, 2.05) is 37.3 Å². The lowest BCUT2D eigenvalue weighted by molar-refractivity contribution is -0.129. The lowest BCUT2D eigenvalue weighted by Crippen LogP contribution is -2.45. The second-order valence-corrected chi connectivity index (χ2v) is 5.24. The minimum absolute atomic E-state index is 0.0979. The molecule has 1 aromatic rings. The highest BCUT2D eigenvalue weighted by molar-refractivity contribution is 5.83. The van der Waals surface area contributed by atoms with E-state index in [0.29, 0.717) is 13.0 Å². The van der Waals surface area contributed by atoms with E-state index in [1.165, 1.54) is 0 Å². The van der Waals surface area contributed by atoms with Crippen LogP contribution in [0.4, 0.5) is 0 Å². The zero-order valence-corrected chi connectivity index (χ0v) is 11.7. The van der Waals surface area contributed by atoms with Gasteiger partial charge in [-0.2, -0.15) is 0 Å². The third kappa shape index (κ3) is 3.57. The molecule has 1 unspecified atom stereocenters. The summed E-state index contributed by atoms with van der Waals surface area (Å²) >= 11 is 0. The number of nitrogens with one attached hydrogen (secondary N) is 1. The van der Waals surface area contributed by atoms with Crippen molar-refractivity contribution in [2.24, 2.45) is 5.73 Å². The number of amides is 2. The first-order valence-electron chi connectivity index (χ1n) is 6.96. The average Bonchev–Trinajstić information content (AvgIpc) is 2.84. The van der Waals surface area contributed by atoms with Crippen molar-refractivity contribution >= 4 is 11.8 Å². The van der Waals surface area contributed by atoms with E-state index in [9.17, 15) is 9.59 Å². The van der Waals surface area contributed by atoms with Gasteiger partial charge in [0.2, 0.25) is 11.8 Å². The quantitative estimate of drug-likeness (QED) is 0.835. The molecule has 1 aromatic carbocycles. The van der Waals surface area contributed by atoms with Crippen molar-refractivity contribution in [1.82, 2.24) is 10.2 Å². The fourth-order valence-corrected chi connectivity index (χ4v) is 2.42. The smallest absolute Gasteiger partial charge is 0.241 e. The molecule has 0 spiro atoms. The number of carbonyl (C=O) groups is 2. The summed E-state index contributed by atoms with van der Waals surface area (Å²) in [6.07, 6.45) is 1.52. The highest BCUT2D eigenvalue weighted by Gasteiger charge is 2.23. The molecular weight excluding hydrogens is 254 g/mol. The number of benzene rings is 1. The predicted molar refractivity (Wildman–Crippen MR) is 76.8 cm³/mol. The molecule has 5 nitrogen and oxygen atoms in total. The summed E-state index contributed by atoms with van der Waals surface area (Å²) in [5.74, 6) is -0.0474. The lowest BCUT2D eigenvalue weighted by atomic mass is 10.1. The SMILES string of the molecule is CC(CN1CCCC1=O)NC(=O)[C@H](N)c1ccccc1. The summed E-state index contributed by atoms with van der Waals surface area (Å²) in [6, 6.07) is 8.49. The Hall–Kier alpha value is -1.88. The van der Waals surface area contributed by atoms with Crippen LogP contribution in [0.25, 0.3) is 0 Å². The molecule has 1 aliphatic heterocycles. The fourth-order valence-electron chi connectivity index (χ4n) is 2.42. The first-order valence-corrected chi connectivity index (χ1v) is 6.96. The van der Waals surface area contributed by atoms with Gasteiger partial charge >= 0.3 is 0 Å². The summed E-state index contributed by atoms with van der Waals surface area (Å²) < 4.78 is 0. The van der Waals surface area contributed by atoms with Crippen LogP contribution >= 0.6 is 0 Å². The van der Waals surface area contributed by atoms with Crippen LogP contribution in [0.5, 0.6) is 0 Å². The zero-order valence-electron chi connectivity index (χ0n) is 11.7. The van der Waals surface area contributed by atoms with Gasteiger partial charge in [0.05, 0.1) is 0 Å². The third-order valence-corrected chi connectivity index (χ3v) is 3.50. The second-order valence-electron chi connectivity index (χ2n) is 5.24. The molecule has 0 aliphatic carbocycles. The van der Waals surface area contributed by atoms with E-state index in [2.05, 4.69) is 5.32 Å². The van der Waals surface area contributed by atoms with Crippen LogP contribution in [0, 0.1) is 0 Å². The van der Waals surface area contributed by atoms with Crippen molar-refractivity contribution < 1.29 is 9.59 Å². The normalized spacial score (nSPS) is 17.9. The Kier molecular flexibility index (Phi) is 4.74. The highest BCUT2D eigenvalue weighted by Crippen LogP contribution is 2.12. The van der Waals surface area contributed by atoms with Gasteiger partial charge in [-0.3, -0.25) is 9.59 Å². The Morgan fingerprint density at radius 3 is 2.70 bits per heavy atom. The molecule has 2 amide bonds. The van der Waals surface area contributed by atoms with Crippen LogP contribution in [0.15, 0.2) is 30.3 Å². The van der Waals surface area contributed by atoms with Gasteiger partial charge < -0.3 is 16.0 Å². The summed E-state index contributed by atoms with van der Waals surface area (Å²) in [6.45, 7) is 3.22. The van der Waals surface area contributed by atoms with E-state index in [1.54, 1.807) is 4.90 Å². The molecule has 2 atom stereocenters. The van der Waals surface area contributed by atoms with Gasteiger partial charge in [-0.25, -0.2) is 0 Å². The number of nitrogens with two attached hydrogens (primary N) is 1. The summed E-state index contributed by atoms with van der Waals surface area (Å²) in [5, 5.41) is 2.87. The molecule has 0 saturated carbocycles. The molecule has 20 heavy (non-hydrogen) atoms. The molecule has 5 heteroatoms. The van der Waals surface area contributed by atoms with Crippen molar-refractivity contribution in [2.45, 2.75) is 31.8 Å². The molecule has 108 valence electrons. The van der Waals surface area contributed by atoms with Crippen molar-refractivity contribution in [1.29, 1.82) is 0 Å². The molecule has 0 bridgehead atoms. The van der Waals surface area contributed by atoms with Gasteiger partial charge in [0.25, 0.3) is 0 Å². The van der Waals surface area contributed by atoms with Crippen LogP contribution in [-0.2, 0) is 9.59 Å². The fraction of sp³-hybridized carbons (Fsp3) is 0.467. The Balaban J connectivity index is 1.86. The van der Waals surface area contributed by atoms with Gasteiger partial charge in [-0.15, -0.1) is 0 Å². The summed E-state index contributed by atoms with van der Waals surface area (Å²) in [5.41, 5.74) is 6.72. The van der Waals surface area contributed by atoms with Gasteiger partial charge in [-0.1, -0.05) is 30.3 Å². The highest BCUT2D eigenvalue weighted by atomic mass is 16.2. The third-order valence-electron chi connectivity index (χ3n) is 3.50. The summed E-state index contributed by atoms with van der Waals surface area (Å²) in [4.78, 5) is 25.4. The van der Waals surface area contributed by atoms with E-state index >= 15 is 0 Å². The standard InChI is InChI=1S/C15H21N3O2/c1-11(10-18-9-5-8-13(18)19)17-15(20)14(16)12-6-3-2-4-7-12/h2-4,6-7,11,14H,5,8-10,16H2,1H3,(H,17,20)/t11?,14-/m1/s1. The number of hydrogen-bond acceptors (Lipinski definition) is 3. The van der Waals surface area contributed by atoms with Crippen molar-refractivity contribution in [3.63, 3.8) is 0 Å². The second kappa shape index (κ2) is 6.52. The van der Waals surface area contributed by atoms with Crippen LogP contribution < -0.4 is 11.1 Å². The van der Waals surface area contributed by atoms with E-state index in [4.69, 9.17) is 5.73 Å². The molecule has 0 aromatic heterocycles. The first kappa shape index (κ1) is 14.5. The lowest BCUT2D eigenvalue weighted by Gasteiger charge is -2.23. The molecule has 2 rings (SSSR count). The van der Waals surface area contributed by atoms with Crippen LogP contribution in [0.3, 0.4) is 0 Å². The topological polar surface area (TPSA) is 75.4 Å². The number of nitrogens with zero attached hydrogens (tertiary/aromatic N) is 1. The molecule has 0 radical (unpaired) electrons. The Bertz CT molecular complexity index is 475. The van der Waals surface area contributed by atoms with Gasteiger partial charge in [-0.05, 0) is 18.9 Å². The maximum atomic E-state index is 12.1. The minimum atomic E-state index is -0.673. The van der Waals surface area contributed by atoms with E-state index < -0.39 is 6.04 Å². The largest absolute Gasteiger partial charge is 0.350 e. The van der Waals surface area contributed by atoms with Crippen molar-refractivity contribution in [3.8, 4) is 0 Å². The van der Waals surface area contributed by atoms with Gasteiger partial charge in [0.15, 0.2) is 0 Å². The van der Waals surface area contributed by atoms with Crippen molar-refractivity contribution in [3.05, 3.63) is 35.9 Å². The number of rotatable bonds is 5. The Morgan fingerprint density at radius 1 is 1.40 bits per heavy atom. The number of hydrogen-bond donors (Lipinski definition) is 2. The zero-order chi connectivity index (χ0) is 14.5. The molecule has 1 aliphatic rings. The predicted octanol–water partition coefficient (Wildman–Crippen LogP) is 0.814. The van der Waals surface area contributed by atoms with Crippen LogP contribution in [0.1, 0.15) is 31.4 Å². The molecule has 1 fully saturated rings. The maximum absolute atomic E-state index is 12.1.